The van der Waals surface area contributed by atoms with Crippen molar-refractivity contribution in [2.75, 3.05) is 0 Å². The molecule has 0 bridgehead atoms. The van der Waals surface area contributed by atoms with E-state index in [0.29, 0.717) is 5.92 Å². The van der Waals surface area contributed by atoms with Crippen molar-refractivity contribution < 1.29 is 5.11 Å². The van der Waals surface area contributed by atoms with E-state index >= 15 is 0 Å². The Bertz CT molecular complexity index is 165. The molecule has 1 heteroatoms. The summed E-state index contributed by atoms with van der Waals surface area (Å²) in [6, 6.07) is 0. The highest BCUT2D eigenvalue weighted by Crippen LogP contribution is 2.32. The standard InChI is InChI=1S/C14H28O/c1-11(2)6-4-9-14(15)13-8-5-7-12(3)10-13/h11-15H,4-10H2,1-3H3. The molecular weight excluding hydrogens is 184 g/mol. The van der Waals surface area contributed by atoms with E-state index in [2.05, 4.69) is 20.8 Å². The third-order valence-electron chi connectivity index (χ3n) is 3.80. The lowest BCUT2D eigenvalue weighted by atomic mass is 9.78. The van der Waals surface area contributed by atoms with Crippen LogP contribution in [0.25, 0.3) is 0 Å². The molecule has 0 aromatic carbocycles. The van der Waals surface area contributed by atoms with E-state index < -0.39 is 0 Å². The van der Waals surface area contributed by atoms with Gasteiger partial charge in [-0.15, -0.1) is 0 Å². The topological polar surface area (TPSA) is 20.2 Å². The van der Waals surface area contributed by atoms with Crippen LogP contribution in [-0.2, 0) is 0 Å². The van der Waals surface area contributed by atoms with E-state index in [9.17, 15) is 5.11 Å². The summed E-state index contributed by atoms with van der Waals surface area (Å²) in [6.45, 7) is 6.84. The van der Waals surface area contributed by atoms with Crippen LogP contribution >= 0.6 is 0 Å². The van der Waals surface area contributed by atoms with Crippen LogP contribution < -0.4 is 0 Å². The van der Waals surface area contributed by atoms with Gasteiger partial charge < -0.3 is 5.11 Å². The summed E-state index contributed by atoms with van der Waals surface area (Å²) in [4.78, 5) is 0. The fraction of sp³-hybridized carbons (Fsp3) is 1.00. The number of rotatable bonds is 5. The van der Waals surface area contributed by atoms with Crippen molar-refractivity contribution in [2.24, 2.45) is 17.8 Å². The van der Waals surface area contributed by atoms with Gasteiger partial charge >= 0.3 is 0 Å². The molecule has 1 aliphatic rings. The highest BCUT2D eigenvalue weighted by Gasteiger charge is 2.24. The second kappa shape index (κ2) is 6.52. The first-order valence-corrected chi connectivity index (χ1v) is 6.77. The minimum atomic E-state index is -0.0218. The third kappa shape index (κ3) is 5.01. The first kappa shape index (κ1) is 13.0. The molecule has 0 amide bonds. The maximum absolute atomic E-state index is 10.1. The molecule has 0 aromatic heterocycles. The van der Waals surface area contributed by atoms with Gasteiger partial charge in [-0.2, -0.15) is 0 Å². The lowest BCUT2D eigenvalue weighted by Gasteiger charge is -2.30. The summed E-state index contributed by atoms with van der Waals surface area (Å²) in [5.74, 6) is 2.21. The summed E-state index contributed by atoms with van der Waals surface area (Å²) in [5.41, 5.74) is 0. The Morgan fingerprint density at radius 1 is 1.20 bits per heavy atom. The van der Waals surface area contributed by atoms with Crippen molar-refractivity contribution in [2.45, 2.75) is 71.8 Å². The fourth-order valence-electron chi connectivity index (χ4n) is 2.80. The monoisotopic (exact) mass is 212 g/mol. The third-order valence-corrected chi connectivity index (χ3v) is 3.80. The van der Waals surface area contributed by atoms with Crippen LogP contribution in [0.3, 0.4) is 0 Å². The molecule has 1 rings (SSSR count). The molecule has 1 N–H and O–H groups in total. The number of aliphatic hydroxyl groups excluding tert-OH is 1. The van der Waals surface area contributed by atoms with Crippen molar-refractivity contribution in [3.63, 3.8) is 0 Å². The summed E-state index contributed by atoms with van der Waals surface area (Å²) < 4.78 is 0. The van der Waals surface area contributed by atoms with Gasteiger partial charge in [-0.1, -0.05) is 46.5 Å². The first-order valence-electron chi connectivity index (χ1n) is 6.77. The van der Waals surface area contributed by atoms with Crippen LogP contribution in [0, 0.1) is 17.8 Å². The van der Waals surface area contributed by atoms with Gasteiger partial charge in [0.25, 0.3) is 0 Å². The average Bonchev–Trinajstić information content (AvgIpc) is 2.17. The van der Waals surface area contributed by atoms with Gasteiger partial charge in [0, 0.05) is 0 Å². The summed E-state index contributed by atoms with van der Waals surface area (Å²) in [5, 5.41) is 10.1. The van der Waals surface area contributed by atoms with Crippen LogP contribution in [0.1, 0.15) is 65.7 Å². The van der Waals surface area contributed by atoms with E-state index in [1.54, 1.807) is 0 Å². The van der Waals surface area contributed by atoms with Crippen LogP contribution in [0.4, 0.5) is 0 Å². The Morgan fingerprint density at radius 3 is 2.53 bits per heavy atom. The predicted molar refractivity (Wildman–Crippen MR) is 65.8 cm³/mol. The molecule has 1 fully saturated rings. The highest BCUT2D eigenvalue weighted by atomic mass is 16.3. The zero-order valence-electron chi connectivity index (χ0n) is 10.7. The molecule has 15 heavy (non-hydrogen) atoms. The van der Waals surface area contributed by atoms with E-state index in [0.717, 1.165) is 18.3 Å². The van der Waals surface area contributed by atoms with Gasteiger partial charge in [-0.05, 0) is 37.0 Å². The summed E-state index contributed by atoms with van der Waals surface area (Å²) >= 11 is 0. The van der Waals surface area contributed by atoms with Crippen LogP contribution in [0.2, 0.25) is 0 Å². The molecule has 0 radical (unpaired) electrons. The molecule has 0 heterocycles. The number of hydrogen-bond donors (Lipinski definition) is 1. The molecule has 3 unspecified atom stereocenters. The summed E-state index contributed by atoms with van der Waals surface area (Å²) in [6.07, 6.45) is 8.67. The molecule has 90 valence electrons. The van der Waals surface area contributed by atoms with E-state index in [1.165, 1.54) is 38.5 Å². The molecule has 0 aliphatic heterocycles. The Morgan fingerprint density at radius 2 is 1.93 bits per heavy atom. The molecule has 1 nitrogen and oxygen atoms in total. The molecule has 3 atom stereocenters. The van der Waals surface area contributed by atoms with Crippen LogP contribution in [-0.4, -0.2) is 11.2 Å². The maximum Gasteiger partial charge on any atom is 0.0568 e. The molecule has 0 aromatic rings. The van der Waals surface area contributed by atoms with Gasteiger partial charge in [-0.3, -0.25) is 0 Å². The van der Waals surface area contributed by atoms with Crippen molar-refractivity contribution in [3.05, 3.63) is 0 Å². The van der Waals surface area contributed by atoms with Gasteiger partial charge in [-0.25, -0.2) is 0 Å². The minimum Gasteiger partial charge on any atom is -0.393 e. The highest BCUT2D eigenvalue weighted by molar-refractivity contribution is 4.76. The second-order valence-corrected chi connectivity index (χ2v) is 5.92. The van der Waals surface area contributed by atoms with Crippen molar-refractivity contribution in [1.29, 1.82) is 0 Å². The average molecular weight is 212 g/mol. The quantitative estimate of drug-likeness (QED) is 0.730. The maximum atomic E-state index is 10.1. The van der Waals surface area contributed by atoms with E-state index in [-0.39, 0.29) is 6.10 Å². The first-order chi connectivity index (χ1) is 7.09. The van der Waals surface area contributed by atoms with Crippen molar-refractivity contribution in [1.82, 2.24) is 0 Å². The van der Waals surface area contributed by atoms with Crippen molar-refractivity contribution in [3.8, 4) is 0 Å². The van der Waals surface area contributed by atoms with Crippen LogP contribution in [0.15, 0.2) is 0 Å². The molecule has 0 saturated heterocycles. The summed E-state index contributed by atoms with van der Waals surface area (Å²) in [7, 11) is 0. The van der Waals surface area contributed by atoms with Gasteiger partial charge in [0.2, 0.25) is 0 Å². The Balaban J connectivity index is 2.17. The van der Waals surface area contributed by atoms with Crippen LogP contribution in [0.5, 0.6) is 0 Å². The smallest absolute Gasteiger partial charge is 0.0568 e. The molecule has 1 aliphatic carbocycles. The lowest BCUT2D eigenvalue weighted by Crippen LogP contribution is -2.25. The lowest BCUT2D eigenvalue weighted by molar-refractivity contribution is 0.0621. The molecule has 0 spiro atoms. The Hall–Kier alpha value is -0.0400. The van der Waals surface area contributed by atoms with E-state index in [4.69, 9.17) is 0 Å². The normalized spacial score (nSPS) is 29.4. The largest absolute Gasteiger partial charge is 0.393 e. The van der Waals surface area contributed by atoms with E-state index in [1.807, 2.05) is 0 Å². The van der Waals surface area contributed by atoms with Gasteiger partial charge in [0.05, 0.1) is 6.10 Å². The van der Waals surface area contributed by atoms with Crippen molar-refractivity contribution >= 4 is 0 Å². The van der Waals surface area contributed by atoms with Gasteiger partial charge in [0.1, 0.15) is 0 Å². The SMILES string of the molecule is CC(C)CCCC(O)C1CCCC(C)C1. The number of aliphatic hydroxyl groups is 1. The predicted octanol–water partition coefficient (Wildman–Crippen LogP) is 4.00. The number of hydrogen-bond acceptors (Lipinski definition) is 1. The Kier molecular flexibility index (Phi) is 5.66. The zero-order chi connectivity index (χ0) is 11.3. The minimum absolute atomic E-state index is 0.0218. The van der Waals surface area contributed by atoms with Gasteiger partial charge in [0.15, 0.2) is 0 Å². The molecular formula is C14H28O. The Labute approximate surface area is 95.3 Å². The molecule has 1 saturated carbocycles. The fourth-order valence-corrected chi connectivity index (χ4v) is 2.80. The second-order valence-electron chi connectivity index (χ2n) is 5.92. The zero-order valence-corrected chi connectivity index (χ0v) is 10.7.